The fraction of sp³-hybridized carbons (Fsp3) is 0.227. The predicted molar refractivity (Wildman–Crippen MR) is 118 cm³/mol. The largest absolute Gasteiger partial charge is 0.488 e. The first kappa shape index (κ1) is 21.7. The van der Waals surface area contributed by atoms with Crippen LogP contribution in [-0.2, 0) is 13.2 Å². The average Bonchev–Trinajstić information content (AvgIpc) is 2.72. The number of halogens is 3. The molecular formula is C22H21Cl3N2O2. The monoisotopic (exact) mass is 450 g/mol. The average molecular weight is 452 g/mol. The molecule has 3 rings (SSSR count). The molecule has 0 fully saturated rings. The summed E-state index contributed by atoms with van der Waals surface area (Å²) >= 11 is 18.6. The van der Waals surface area contributed by atoms with Gasteiger partial charge in [-0.3, -0.25) is 0 Å². The van der Waals surface area contributed by atoms with Crippen molar-refractivity contribution in [2.24, 2.45) is 0 Å². The third kappa shape index (κ3) is 6.79. The minimum absolute atomic E-state index is 0.283. The summed E-state index contributed by atoms with van der Waals surface area (Å²) in [5, 5.41) is 5.21. The van der Waals surface area contributed by atoms with Crippen molar-refractivity contribution >= 4 is 34.8 Å². The Morgan fingerprint density at radius 3 is 2.48 bits per heavy atom. The maximum Gasteiger partial charge on any atom is 0.213 e. The molecule has 0 bridgehead atoms. The maximum atomic E-state index is 6.22. The lowest BCUT2D eigenvalue weighted by atomic mass is 10.2. The third-order valence-corrected chi connectivity index (χ3v) is 5.10. The van der Waals surface area contributed by atoms with Crippen LogP contribution in [0.25, 0.3) is 0 Å². The van der Waals surface area contributed by atoms with Gasteiger partial charge in [0, 0.05) is 45.0 Å². The van der Waals surface area contributed by atoms with Crippen LogP contribution in [0.15, 0.2) is 60.8 Å². The molecule has 4 nitrogen and oxygen atoms in total. The van der Waals surface area contributed by atoms with Crippen LogP contribution in [0.1, 0.15) is 17.5 Å². The molecular weight excluding hydrogens is 431 g/mol. The Morgan fingerprint density at radius 1 is 0.897 bits per heavy atom. The summed E-state index contributed by atoms with van der Waals surface area (Å²) in [5.74, 6) is 1.37. The molecule has 0 amide bonds. The number of aromatic nitrogens is 1. The van der Waals surface area contributed by atoms with E-state index < -0.39 is 0 Å². The Balaban J connectivity index is 1.49. The van der Waals surface area contributed by atoms with E-state index in [0.29, 0.717) is 34.1 Å². The zero-order valence-electron chi connectivity index (χ0n) is 15.7. The lowest BCUT2D eigenvalue weighted by Gasteiger charge is -2.14. The van der Waals surface area contributed by atoms with E-state index in [2.05, 4.69) is 10.3 Å². The normalized spacial score (nSPS) is 10.7. The molecule has 1 aromatic heterocycles. The van der Waals surface area contributed by atoms with Crippen molar-refractivity contribution in [3.05, 3.63) is 87.0 Å². The Kier molecular flexibility index (Phi) is 8.44. The lowest BCUT2D eigenvalue weighted by molar-refractivity contribution is 0.294. The first-order valence-corrected chi connectivity index (χ1v) is 10.4. The van der Waals surface area contributed by atoms with Gasteiger partial charge in [-0.25, -0.2) is 4.98 Å². The van der Waals surface area contributed by atoms with Crippen LogP contribution in [0.5, 0.6) is 11.6 Å². The van der Waals surface area contributed by atoms with E-state index in [-0.39, 0.29) is 6.61 Å². The molecule has 0 unspecified atom stereocenters. The van der Waals surface area contributed by atoms with Crippen LogP contribution < -0.4 is 14.8 Å². The van der Waals surface area contributed by atoms with Gasteiger partial charge < -0.3 is 14.8 Å². The van der Waals surface area contributed by atoms with Crippen molar-refractivity contribution < 1.29 is 9.47 Å². The van der Waals surface area contributed by atoms with Gasteiger partial charge in [-0.05, 0) is 49.4 Å². The molecule has 0 aliphatic carbocycles. The molecule has 0 spiro atoms. The van der Waals surface area contributed by atoms with Crippen LogP contribution in [0.4, 0.5) is 0 Å². The van der Waals surface area contributed by atoms with Gasteiger partial charge >= 0.3 is 0 Å². The third-order valence-electron chi connectivity index (χ3n) is 4.16. The first-order chi connectivity index (χ1) is 14.1. The summed E-state index contributed by atoms with van der Waals surface area (Å²) in [7, 11) is 0. The minimum Gasteiger partial charge on any atom is -0.488 e. The molecule has 29 heavy (non-hydrogen) atoms. The van der Waals surface area contributed by atoms with E-state index in [0.717, 1.165) is 29.8 Å². The fourth-order valence-corrected chi connectivity index (χ4v) is 3.38. The van der Waals surface area contributed by atoms with Gasteiger partial charge in [-0.15, -0.1) is 0 Å². The van der Waals surface area contributed by atoms with Crippen molar-refractivity contribution in [2.45, 2.75) is 19.6 Å². The summed E-state index contributed by atoms with van der Waals surface area (Å²) in [4.78, 5) is 4.13. The smallest absolute Gasteiger partial charge is 0.213 e. The van der Waals surface area contributed by atoms with Crippen LogP contribution in [0.2, 0.25) is 15.1 Å². The lowest BCUT2D eigenvalue weighted by Crippen LogP contribution is -2.17. The standard InChI is InChI=1S/C22H21Cl3N2O2/c23-17-8-9-21(29-15-18-19(24)5-3-6-20(18)25)16(13-17)14-26-10-4-12-28-22-7-1-2-11-27-22/h1-3,5-9,11,13,26H,4,10,12,14-15H2. The Bertz CT molecular complexity index is 903. The van der Waals surface area contributed by atoms with Crippen LogP contribution in [0, 0.1) is 0 Å². The molecule has 0 aliphatic heterocycles. The van der Waals surface area contributed by atoms with Crippen molar-refractivity contribution in [1.82, 2.24) is 10.3 Å². The van der Waals surface area contributed by atoms with Gasteiger partial charge in [0.15, 0.2) is 0 Å². The number of ether oxygens (including phenoxy) is 2. The van der Waals surface area contributed by atoms with E-state index >= 15 is 0 Å². The summed E-state index contributed by atoms with van der Waals surface area (Å²) in [6, 6.07) is 16.5. The second kappa shape index (κ2) is 11.3. The second-order valence-electron chi connectivity index (χ2n) is 6.29. The number of nitrogens with zero attached hydrogens (tertiary/aromatic N) is 1. The Morgan fingerprint density at radius 2 is 1.72 bits per heavy atom. The number of nitrogens with one attached hydrogen (secondary N) is 1. The summed E-state index contributed by atoms with van der Waals surface area (Å²) in [6.45, 7) is 2.28. The second-order valence-corrected chi connectivity index (χ2v) is 7.54. The number of pyridine rings is 1. The van der Waals surface area contributed by atoms with E-state index in [9.17, 15) is 0 Å². The molecule has 1 N–H and O–H groups in total. The van der Waals surface area contributed by atoms with Gasteiger partial charge in [-0.1, -0.05) is 46.9 Å². The number of hydrogen-bond donors (Lipinski definition) is 1. The maximum absolute atomic E-state index is 6.22. The van der Waals surface area contributed by atoms with Gasteiger partial charge in [-0.2, -0.15) is 0 Å². The van der Waals surface area contributed by atoms with Crippen molar-refractivity contribution in [3.8, 4) is 11.6 Å². The molecule has 7 heteroatoms. The summed E-state index contributed by atoms with van der Waals surface area (Å²) in [6.07, 6.45) is 2.56. The molecule has 0 atom stereocenters. The number of rotatable bonds is 10. The zero-order valence-corrected chi connectivity index (χ0v) is 18.0. The highest BCUT2D eigenvalue weighted by atomic mass is 35.5. The minimum atomic E-state index is 0.283. The van der Waals surface area contributed by atoms with Crippen LogP contribution >= 0.6 is 34.8 Å². The van der Waals surface area contributed by atoms with E-state index in [1.54, 1.807) is 24.4 Å². The Hall–Kier alpha value is -1.98. The molecule has 0 saturated carbocycles. The molecule has 3 aromatic rings. The highest BCUT2D eigenvalue weighted by Gasteiger charge is 2.09. The van der Waals surface area contributed by atoms with Gasteiger partial charge in [0.05, 0.1) is 6.61 Å². The van der Waals surface area contributed by atoms with Gasteiger partial charge in [0.2, 0.25) is 5.88 Å². The topological polar surface area (TPSA) is 43.4 Å². The highest BCUT2D eigenvalue weighted by Crippen LogP contribution is 2.28. The van der Waals surface area contributed by atoms with E-state index in [4.69, 9.17) is 44.3 Å². The van der Waals surface area contributed by atoms with Crippen LogP contribution in [0.3, 0.4) is 0 Å². The fourth-order valence-electron chi connectivity index (χ4n) is 2.68. The number of hydrogen-bond acceptors (Lipinski definition) is 4. The molecule has 0 saturated heterocycles. The van der Waals surface area contributed by atoms with Crippen molar-refractivity contribution in [1.29, 1.82) is 0 Å². The van der Waals surface area contributed by atoms with E-state index in [1.165, 1.54) is 0 Å². The summed E-state index contributed by atoms with van der Waals surface area (Å²) < 4.78 is 11.6. The molecule has 0 radical (unpaired) electrons. The van der Waals surface area contributed by atoms with Crippen LogP contribution in [-0.4, -0.2) is 18.1 Å². The quantitative estimate of drug-likeness (QED) is 0.374. The molecule has 152 valence electrons. The van der Waals surface area contributed by atoms with Crippen molar-refractivity contribution in [2.75, 3.05) is 13.2 Å². The highest BCUT2D eigenvalue weighted by molar-refractivity contribution is 6.36. The number of benzene rings is 2. The van der Waals surface area contributed by atoms with E-state index in [1.807, 2.05) is 36.4 Å². The SMILES string of the molecule is Clc1ccc(OCc2c(Cl)cccc2Cl)c(CNCCCOc2ccccn2)c1. The molecule has 1 heterocycles. The van der Waals surface area contributed by atoms with Gasteiger partial charge in [0.25, 0.3) is 0 Å². The Labute approximate surface area is 185 Å². The summed E-state index contributed by atoms with van der Waals surface area (Å²) in [5.41, 5.74) is 1.72. The van der Waals surface area contributed by atoms with Gasteiger partial charge in [0.1, 0.15) is 12.4 Å². The predicted octanol–water partition coefficient (Wildman–Crippen LogP) is 6.18. The molecule has 2 aromatic carbocycles. The zero-order chi connectivity index (χ0) is 20.5. The first-order valence-electron chi connectivity index (χ1n) is 9.22. The molecule has 0 aliphatic rings. The van der Waals surface area contributed by atoms with Crippen molar-refractivity contribution in [3.63, 3.8) is 0 Å².